The van der Waals surface area contributed by atoms with Gasteiger partial charge in [-0.1, -0.05) is 66.8 Å². The third kappa shape index (κ3) is 5.46. The van der Waals surface area contributed by atoms with Crippen LogP contribution in [0.1, 0.15) is 35.0 Å². The molecule has 3 nitrogen and oxygen atoms in total. The minimum Gasteiger partial charge on any atom is -0.501 e. The summed E-state index contributed by atoms with van der Waals surface area (Å²) in [4.78, 5) is 8.65. The minimum absolute atomic E-state index is 0. The van der Waals surface area contributed by atoms with Crippen LogP contribution < -0.4 is 0 Å². The topological polar surface area (TPSA) is 38.9 Å². The van der Waals surface area contributed by atoms with Crippen molar-refractivity contribution in [1.29, 1.82) is 0 Å². The molecule has 3 heterocycles. The van der Waals surface area contributed by atoms with Gasteiger partial charge in [0, 0.05) is 42.0 Å². The average Bonchev–Trinajstić information content (AvgIpc) is 3.32. The van der Waals surface area contributed by atoms with Gasteiger partial charge in [0.25, 0.3) is 0 Å². The molecule has 181 valence electrons. The van der Waals surface area contributed by atoms with Crippen LogP contribution in [0.15, 0.2) is 102 Å². The van der Waals surface area contributed by atoms with Crippen molar-refractivity contribution in [3.05, 3.63) is 121 Å². The largest absolute Gasteiger partial charge is 0.501 e. The van der Waals surface area contributed by atoms with E-state index >= 15 is 0 Å². The molecule has 0 aliphatic carbocycles. The molecule has 0 fully saturated rings. The van der Waals surface area contributed by atoms with Crippen molar-refractivity contribution >= 4 is 21.9 Å². The monoisotopic (exact) mass is 650 g/mol. The maximum absolute atomic E-state index is 7.23. The van der Waals surface area contributed by atoms with E-state index in [2.05, 4.69) is 60.2 Å². The van der Waals surface area contributed by atoms with Gasteiger partial charge in [0.2, 0.25) is 0 Å². The van der Waals surface area contributed by atoms with Crippen LogP contribution >= 0.6 is 0 Å². The molecule has 1 radical (unpaired) electrons. The fourth-order valence-electron chi connectivity index (χ4n) is 3.93. The molecule has 0 saturated carbocycles. The number of pyridine rings is 2. The van der Waals surface area contributed by atoms with E-state index in [1.165, 1.54) is 11.8 Å². The van der Waals surface area contributed by atoms with Crippen LogP contribution in [-0.4, -0.2) is 9.97 Å². The number of nitrogens with zero attached hydrogens (tertiary/aromatic N) is 2. The number of furan rings is 1. The summed E-state index contributed by atoms with van der Waals surface area (Å²) in [5.74, 6) is 0.469. The Hall–Kier alpha value is -3.59. The SMILES string of the molecule is CC(C)c1ccnc(-c2[c-]ccc3c2oc2ccccc23)c1.[2H]C([2H])([2H])c1ccc(-c2[c-]cccc2)nc1.[Ir]. The van der Waals surface area contributed by atoms with E-state index < -0.39 is 6.85 Å². The van der Waals surface area contributed by atoms with E-state index in [0.29, 0.717) is 5.92 Å². The van der Waals surface area contributed by atoms with E-state index in [1.54, 1.807) is 18.2 Å². The number of hydrogen-bond donors (Lipinski definition) is 0. The zero-order chi connectivity index (χ0) is 26.7. The zero-order valence-corrected chi connectivity index (χ0v) is 22.3. The van der Waals surface area contributed by atoms with Crippen LogP contribution in [0.25, 0.3) is 44.5 Å². The van der Waals surface area contributed by atoms with E-state index in [1.807, 2.05) is 48.7 Å². The predicted molar refractivity (Wildman–Crippen MR) is 143 cm³/mol. The first kappa shape index (κ1) is 21.7. The number of hydrogen-bond acceptors (Lipinski definition) is 3. The summed E-state index contributed by atoms with van der Waals surface area (Å²) < 4.78 is 27.8. The van der Waals surface area contributed by atoms with Crippen LogP contribution in [0.3, 0.4) is 0 Å². The molecule has 3 aromatic heterocycles. The van der Waals surface area contributed by atoms with Gasteiger partial charge in [-0.3, -0.25) is 0 Å². The summed E-state index contributed by atoms with van der Waals surface area (Å²) >= 11 is 0. The molecule has 36 heavy (non-hydrogen) atoms. The minimum atomic E-state index is -2.09. The second kappa shape index (κ2) is 11.4. The van der Waals surface area contributed by atoms with Crippen molar-refractivity contribution in [2.75, 3.05) is 0 Å². The molecule has 3 aromatic carbocycles. The van der Waals surface area contributed by atoms with E-state index in [4.69, 9.17) is 8.53 Å². The Kier molecular flexibility index (Phi) is 6.88. The van der Waals surface area contributed by atoms with Gasteiger partial charge in [0.15, 0.2) is 0 Å². The molecule has 0 amide bonds. The van der Waals surface area contributed by atoms with Gasteiger partial charge >= 0.3 is 0 Å². The van der Waals surface area contributed by atoms with Crippen molar-refractivity contribution in [3.8, 4) is 22.5 Å². The molecule has 0 spiro atoms. The maximum atomic E-state index is 7.23. The van der Waals surface area contributed by atoms with Gasteiger partial charge in [-0.25, -0.2) is 0 Å². The molecule has 0 unspecified atom stereocenters. The summed E-state index contributed by atoms with van der Waals surface area (Å²) in [6.07, 6.45) is 3.25. The molecule has 0 bridgehead atoms. The van der Waals surface area contributed by atoms with Crippen molar-refractivity contribution in [2.24, 2.45) is 0 Å². The summed E-state index contributed by atoms with van der Waals surface area (Å²) in [6.45, 7) is 2.28. The predicted octanol–water partition coefficient (Wildman–Crippen LogP) is 8.43. The summed E-state index contributed by atoms with van der Waals surface area (Å²) in [6, 6.07) is 33.4. The van der Waals surface area contributed by atoms with Crippen molar-refractivity contribution in [2.45, 2.75) is 26.6 Å². The van der Waals surface area contributed by atoms with Crippen LogP contribution in [0.4, 0.5) is 0 Å². The van der Waals surface area contributed by atoms with Crippen molar-refractivity contribution in [1.82, 2.24) is 9.97 Å². The molecular weight excluding hydrogens is 621 g/mol. The average molecular weight is 650 g/mol. The molecule has 0 aliphatic heterocycles. The number of aromatic nitrogens is 2. The quantitative estimate of drug-likeness (QED) is 0.181. The van der Waals surface area contributed by atoms with E-state index in [9.17, 15) is 0 Å². The number of rotatable bonds is 3. The third-order valence-electron chi connectivity index (χ3n) is 5.79. The van der Waals surface area contributed by atoms with Crippen LogP contribution in [0.2, 0.25) is 0 Å². The first-order valence-corrected chi connectivity index (χ1v) is 11.5. The number of fused-ring (bicyclic) bond motifs is 3. The maximum Gasteiger partial charge on any atom is 0.120 e. The first-order chi connectivity index (χ1) is 18.3. The second-order valence-electron chi connectivity index (χ2n) is 8.53. The smallest absolute Gasteiger partial charge is 0.120 e. The van der Waals surface area contributed by atoms with Gasteiger partial charge in [0.05, 0.1) is 5.58 Å². The molecule has 4 heteroatoms. The Bertz CT molecular complexity index is 1680. The molecule has 0 aliphatic rings. The normalized spacial score (nSPS) is 12.2. The van der Waals surface area contributed by atoms with Gasteiger partial charge < -0.3 is 14.4 Å². The van der Waals surface area contributed by atoms with Crippen molar-refractivity contribution < 1.29 is 28.6 Å². The second-order valence-corrected chi connectivity index (χ2v) is 8.53. The fraction of sp³-hybridized carbons (Fsp3) is 0.125. The molecular formula is C32H26IrN2O-2. The fourth-order valence-corrected chi connectivity index (χ4v) is 3.93. The van der Waals surface area contributed by atoms with Gasteiger partial charge in [-0.05, 0) is 41.9 Å². The van der Waals surface area contributed by atoms with Crippen LogP contribution in [0, 0.1) is 19.0 Å². The molecule has 0 atom stereocenters. The van der Waals surface area contributed by atoms with E-state index in [0.717, 1.165) is 44.5 Å². The molecule has 6 aromatic rings. The molecule has 0 saturated heterocycles. The van der Waals surface area contributed by atoms with Crippen LogP contribution in [0.5, 0.6) is 0 Å². The molecule has 6 rings (SSSR count). The summed E-state index contributed by atoms with van der Waals surface area (Å²) in [5, 5.41) is 2.24. The Balaban J connectivity index is 0.000000186. The Labute approximate surface area is 229 Å². The van der Waals surface area contributed by atoms with E-state index in [-0.39, 0.29) is 25.7 Å². The standard InChI is InChI=1S/C20H16NO.C12H10N.Ir/c1-13(2)14-10-11-21-18(12-14)17-8-5-7-16-15-6-3-4-9-19(15)22-20(16)17;1-10-7-8-12(13-9-10)11-5-3-2-4-6-11;/h3-7,9-13H,1-2H3;2-5,7-9H,1H3;/q2*-1;/i;1D3;. The number of aryl methyl sites for hydroxylation is 1. The molecule has 0 N–H and O–H groups in total. The van der Waals surface area contributed by atoms with Gasteiger partial charge in [-0.15, -0.1) is 54.1 Å². The van der Waals surface area contributed by atoms with Crippen molar-refractivity contribution in [3.63, 3.8) is 0 Å². The Morgan fingerprint density at radius 3 is 2.44 bits per heavy atom. The third-order valence-corrected chi connectivity index (χ3v) is 5.79. The number of benzene rings is 3. The van der Waals surface area contributed by atoms with Gasteiger partial charge in [0.1, 0.15) is 5.58 Å². The summed E-state index contributed by atoms with van der Waals surface area (Å²) in [5.41, 5.74) is 6.72. The Morgan fingerprint density at radius 2 is 1.69 bits per heavy atom. The van der Waals surface area contributed by atoms with Gasteiger partial charge in [-0.2, -0.15) is 0 Å². The summed E-state index contributed by atoms with van der Waals surface area (Å²) in [7, 11) is 0. The first-order valence-electron chi connectivity index (χ1n) is 13.0. The van der Waals surface area contributed by atoms with Crippen LogP contribution in [-0.2, 0) is 20.1 Å². The zero-order valence-electron chi connectivity index (χ0n) is 23.0. The number of para-hydroxylation sites is 1. The Morgan fingerprint density at radius 1 is 0.833 bits per heavy atom.